The molecule has 0 aliphatic carbocycles. The molecule has 1 aliphatic rings. The summed E-state index contributed by atoms with van der Waals surface area (Å²) in [5.41, 5.74) is 1.06. The van der Waals surface area contributed by atoms with Gasteiger partial charge in [-0.3, -0.25) is 4.98 Å². The van der Waals surface area contributed by atoms with Crippen molar-refractivity contribution in [1.29, 1.82) is 0 Å². The van der Waals surface area contributed by atoms with Gasteiger partial charge < -0.3 is 0 Å². The minimum absolute atomic E-state index is 0.426. The molecule has 0 bridgehead atoms. The van der Waals surface area contributed by atoms with Gasteiger partial charge in [-0.25, -0.2) is 9.98 Å². The van der Waals surface area contributed by atoms with Crippen molar-refractivity contribution in [1.82, 2.24) is 4.98 Å². The highest BCUT2D eigenvalue weighted by atomic mass is 32.1. The fourth-order valence-electron chi connectivity index (χ4n) is 1.24. The van der Waals surface area contributed by atoms with E-state index in [1.165, 1.54) is 5.39 Å². The first-order valence-corrected chi connectivity index (χ1v) is 5.17. The number of hydrogen-bond acceptors (Lipinski definition) is 2. The maximum Gasteiger partial charge on any atom is 0.219 e. The lowest BCUT2D eigenvalue weighted by atomic mass is 10.2. The van der Waals surface area contributed by atoms with Gasteiger partial charge in [-0.15, -0.1) is 0 Å². The summed E-state index contributed by atoms with van der Waals surface area (Å²) in [6.07, 6.45) is 4.95. The van der Waals surface area contributed by atoms with Crippen LogP contribution in [0.4, 0.5) is 0 Å². The molecule has 0 saturated carbocycles. The summed E-state index contributed by atoms with van der Waals surface area (Å²) >= 11 is 4.52. The van der Waals surface area contributed by atoms with Crippen molar-refractivity contribution in [3.05, 3.63) is 42.6 Å². The Morgan fingerprint density at radius 1 is 0.875 bits per heavy atom. The van der Waals surface area contributed by atoms with E-state index >= 15 is 0 Å². The highest BCUT2D eigenvalue weighted by molar-refractivity contribution is 7.80. The number of para-hydroxylation sites is 1. The summed E-state index contributed by atoms with van der Waals surface area (Å²) < 4.78 is 0. The highest BCUT2D eigenvalue weighted by Gasteiger charge is 1.87. The van der Waals surface area contributed by atoms with Gasteiger partial charge in [-0.05, 0) is 24.4 Å². The summed E-state index contributed by atoms with van der Waals surface area (Å²) in [4.78, 5) is 11.4. The van der Waals surface area contributed by atoms with Crippen molar-refractivity contribution in [3.63, 3.8) is 0 Å². The van der Waals surface area contributed by atoms with Gasteiger partial charge in [0, 0.05) is 24.0 Å². The average Bonchev–Trinajstić information content (AvgIpc) is 2.81. The first-order valence-electron chi connectivity index (χ1n) is 4.77. The molecule has 0 fully saturated rings. The van der Waals surface area contributed by atoms with Gasteiger partial charge in [0.2, 0.25) is 5.11 Å². The Morgan fingerprint density at radius 2 is 1.56 bits per heavy atom. The van der Waals surface area contributed by atoms with Crippen LogP contribution in [-0.2, 0) is 0 Å². The molecule has 78 valence electrons. The van der Waals surface area contributed by atoms with Crippen LogP contribution in [0.5, 0.6) is 0 Å². The van der Waals surface area contributed by atoms with E-state index in [0.29, 0.717) is 5.11 Å². The molecule has 1 aliphatic heterocycles. The van der Waals surface area contributed by atoms with Crippen molar-refractivity contribution in [3.8, 4) is 0 Å². The average molecular weight is 227 g/mol. The summed E-state index contributed by atoms with van der Waals surface area (Å²) in [5.74, 6) is 0. The zero-order valence-corrected chi connectivity index (χ0v) is 9.26. The van der Waals surface area contributed by atoms with E-state index in [-0.39, 0.29) is 0 Å². The smallest absolute Gasteiger partial charge is 0.219 e. The maximum absolute atomic E-state index is 4.52. The van der Waals surface area contributed by atoms with Crippen LogP contribution in [0, 0.1) is 0 Å². The molecule has 2 heterocycles. The van der Waals surface area contributed by atoms with Crippen LogP contribution in [-0.4, -0.2) is 22.5 Å². The zero-order chi connectivity index (χ0) is 11.2. The number of benzene rings is 1. The molecule has 2 aromatic rings. The van der Waals surface area contributed by atoms with Gasteiger partial charge in [0.15, 0.2) is 0 Å². The Morgan fingerprint density at radius 3 is 2.19 bits per heavy atom. The maximum atomic E-state index is 4.52. The molecule has 0 radical (unpaired) electrons. The molecule has 0 spiro atoms. The largest absolute Gasteiger partial charge is 0.256 e. The predicted molar refractivity (Wildman–Crippen MR) is 71.3 cm³/mol. The van der Waals surface area contributed by atoms with Crippen LogP contribution < -0.4 is 0 Å². The summed E-state index contributed by atoms with van der Waals surface area (Å²) in [6, 6.07) is 12.1. The molecule has 0 amide bonds. The normalized spacial score (nSPS) is 12.6. The molecular formula is C12H9N3S. The quantitative estimate of drug-likeness (QED) is 0.649. The van der Waals surface area contributed by atoms with Crippen molar-refractivity contribution < 1.29 is 0 Å². The number of aliphatic imine (C=N–C) groups is 2. The molecule has 0 N–H and O–H groups in total. The van der Waals surface area contributed by atoms with E-state index in [4.69, 9.17) is 0 Å². The minimum atomic E-state index is 0.426. The second-order valence-corrected chi connectivity index (χ2v) is 3.40. The third-order valence-corrected chi connectivity index (χ3v) is 2.16. The molecule has 3 rings (SSSR count). The number of thiocarbonyl (C=S) groups is 1. The molecule has 16 heavy (non-hydrogen) atoms. The molecule has 0 saturated heterocycles. The lowest BCUT2D eigenvalue weighted by Gasteiger charge is -1.91. The summed E-state index contributed by atoms with van der Waals surface area (Å²) in [6.45, 7) is 0. The number of hydrogen-bond donors (Lipinski definition) is 0. The molecule has 1 aromatic heterocycles. The standard InChI is InChI=1S/C9H7N.C3H2N2S/c1-2-6-9-8(4-1)5-3-7-10-9;6-3-4-1-2-5-3/h1-7H;1-2H. The van der Waals surface area contributed by atoms with Crippen LogP contribution >= 0.6 is 12.2 Å². The number of nitrogens with zero attached hydrogens (tertiary/aromatic N) is 3. The minimum Gasteiger partial charge on any atom is -0.256 e. The number of aromatic nitrogens is 1. The monoisotopic (exact) mass is 227 g/mol. The van der Waals surface area contributed by atoms with Crippen molar-refractivity contribution in [2.45, 2.75) is 0 Å². The van der Waals surface area contributed by atoms with Gasteiger partial charge in [0.25, 0.3) is 0 Å². The SMILES string of the molecule is S=C1N=CC=N1.c1ccc2ncccc2c1. The summed E-state index contributed by atoms with van der Waals surface area (Å²) in [5, 5.41) is 1.63. The number of rotatable bonds is 0. The Kier molecular flexibility index (Phi) is 3.46. The Hall–Kier alpha value is -1.94. The molecule has 3 nitrogen and oxygen atoms in total. The Labute approximate surface area is 98.6 Å². The highest BCUT2D eigenvalue weighted by Crippen LogP contribution is 2.07. The van der Waals surface area contributed by atoms with E-state index < -0.39 is 0 Å². The Bertz CT molecular complexity index is 481. The van der Waals surface area contributed by atoms with Crippen molar-refractivity contribution in [2.24, 2.45) is 9.98 Å². The predicted octanol–water partition coefficient (Wildman–Crippen LogP) is 2.66. The first-order chi connectivity index (χ1) is 7.86. The van der Waals surface area contributed by atoms with Gasteiger partial charge in [-0.2, -0.15) is 0 Å². The van der Waals surface area contributed by atoms with E-state index in [1.807, 2.05) is 30.5 Å². The van der Waals surface area contributed by atoms with Gasteiger partial charge >= 0.3 is 0 Å². The van der Waals surface area contributed by atoms with Crippen LogP contribution in [0.1, 0.15) is 0 Å². The van der Waals surface area contributed by atoms with Crippen LogP contribution in [0.2, 0.25) is 0 Å². The van der Waals surface area contributed by atoms with Gasteiger partial charge in [0.1, 0.15) is 0 Å². The Balaban J connectivity index is 0.000000138. The number of fused-ring (bicyclic) bond motifs is 1. The second-order valence-electron chi connectivity index (χ2n) is 3.04. The topological polar surface area (TPSA) is 37.6 Å². The first kappa shape index (κ1) is 10.6. The van der Waals surface area contributed by atoms with E-state index in [0.717, 1.165) is 5.52 Å². The third-order valence-electron chi connectivity index (χ3n) is 1.95. The molecule has 0 unspecified atom stereocenters. The lowest BCUT2D eigenvalue weighted by molar-refractivity contribution is 1.41. The second kappa shape index (κ2) is 5.23. The van der Waals surface area contributed by atoms with E-state index in [1.54, 1.807) is 12.4 Å². The summed E-state index contributed by atoms with van der Waals surface area (Å²) in [7, 11) is 0. The third kappa shape index (κ3) is 2.77. The lowest BCUT2D eigenvalue weighted by Crippen LogP contribution is -1.73. The molecule has 1 aromatic carbocycles. The fraction of sp³-hybridized carbons (Fsp3) is 0. The van der Waals surface area contributed by atoms with Crippen LogP contribution in [0.15, 0.2) is 52.6 Å². The van der Waals surface area contributed by atoms with E-state index in [2.05, 4.69) is 39.3 Å². The van der Waals surface area contributed by atoms with Crippen LogP contribution in [0.3, 0.4) is 0 Å². The van der Waals surface area contributed by atoms with Crippen molar-refractivity contribution in [2.75, 3.05) is 0 Å². The van der Waals surface area contributed by atoms with Gasteiger partial charge in [0.05, 0.1) is 5.52 Å². The molecular weight excluding hydrogens is 218 g/mol. The molecule has 0 atom stereocenters. The zero-order valence-electron chi connectivity index (χ0n) is 8.45. The van der Waals surface area contributed by atoms with Crippen LogP contribution in [0.25, 0.3) is 10.9 Å². The van der Waals surface area contributed by atoms with E-state index in [9.17, 15) is 0 Å². The fourth-order valence-corrected chi connectivity index (χ4v) is 1.37. The van der Waals surface area contributed by atoms with Crippen molar-refractivity contribution >= 4 is 40.7 Å². The van der Waals surface area contributed by atoms with Gasteiger partial charge in [-0.1, -0.05) is 24.3 Å². The molecule has 4 heteroatoms. The number of pyridine rings is 1.